The maximum absolute atomic E-state index is 12.1. The lowest BCUT2D eigenvalue weighted by molar-refractivity contribution is -0.143. The summed E-state index contributed by atoms with van der Waals surface area (Å²) in [5.41, 5.74) is 0. The molecule has 2 fully saturated rings. The Bertz CT molecular complexity index is 350. The highest BCUT2D eigenvalue weighted by atomic mass is 16.5. The van der Waals surface area contributed by atoms with Gasteiger partial charge in [-0.2, -0.15) is 0 Å². The van der Waals surface area contributed by atoms with Crippen LogP contribution in [0.2, 0.25) is 0 Å². The molecule has 2 aliphatic rings. The van der Waals surface area contributed by atoms with E-state index in [1.165, 1.54) is 20.0 Å². The minimum absolute atomic E-state index is 0.0405. The van der Waals surface area contributed by atoms with Crippen LogP contribution in [0.25, 0.3) is 0 Å². The maximum Gasteiger partial charge on any atom is 0.319 e. The molecule has 1 saturated carbocycles. The number of nitrogens with one attached hydrogen (secondary N) is 1. The molecule has 1 amide bonds. The third-order valence-corrected chi connectivity index (χ3v) is 4.30. The van der Waals surface area contributed by atoms with Crippen molar-refractivity contribution in [2.45, 2.75) is 50.7 Å². The highest BCUT2D eigenvalue weighted by Crippen LogP contribution is 2.23. The lowest BCUT2D eigenvalue weighted by atomic mass is 10.2. The number of carbonyl (C=O) groups excluding carboxylic acids is 2. The molecule has 0 aromatic rings. The highest BCUT2D eigenvalue weighted by molar-refractivity contribution is 5.79. The van der Waals surface area contributed by atoms with E-state index in [1.807, 2.05) is 4.90 Å². The maximum atomic E-state index is 12.1. The smallest absolute Gasteiger partial charge is 0.319 e. The average Bonchev–Trinajstić information content (AvgIpc) is 3.17. The number of hydrogen-bond donors (Lipinski definition) is 1. The number of rotatable bonds is 7. The Labute approximate surface area is 126 Å². The first-order valence-corrected chi connectivity index (χ1v) is 7.88. The molecular weight excluding hydrogens is 272 g/mol. The second-order valence-electron chi connectivity index (χ2n) is 5.86. The first-order valence-electron chi connectivity index (χ1n) is 7.88. The standard InChI is InChI=1S/C15H26N2O4/c1-20-15(19)11-17(12-5-2-3-6-12)10-14(18)16-9-13-7-4-8-21-13/h12-13H,2-11H2,1H3,(H,16,18). The van der Waals surface area contributed by atoms with Crippen molar-refractivity contribution in [1.29, 1.82) is 0 Å². The van der Waals surface area contributed by atoms with Crippen molar-refractivity contribution in [1.82, 2.24) is 10.2 Å². The number of ether oxygens (including phenoxy) is 2. The van der Waals surface area contributed by atoms with Gasteiger partial charge < -0.3 is 14.8 Å². The van der Waals surface area contributed by atoms with Crippen molar-refractivity contribution >= 4 is 11.9 Å². The summed E-state index contributed by atoms with van der Waals surface area (Å²) in [4.78, 5) is 25.5. The predicted octanol–water partition coefficient (Wildman–Crippen LogP) is 0.699. The van der Waals surface area contributed by atoms with Crippen molar-refractivity contribution in [3.05, 3.63) is 0 Å². The number of carbonyl (C=O) groups is 2. The van der Waals surface area contributed by atoms with E-state index in [9.17, 15) is 9.59 Å². The molecule has 1 saturated heterocycles. The van der Waals surface area contributed by atoms with Gasteiger partial charge in [-0.15, -0.1) is 0 Å². The Morgan fingerprint density at radius 2 is 1.95 bits per heavy atom. The van der Waals surface area contributed by atoms with E-state index in [-0.39, 0.29) is 31.1 Å². The predicted molar refractivity (Wildman–Crippen MR) is 77.8 cm³/mol. The molecule has 0 aromatic heterocycles. The number of amides is 1. The van der Waals surface area contributed by atoms with E-state index in [0.29, 0.717) is 12.6 Å². The van der Waals surface area contributed by atoms with Gasteiger partial charge in [0.15, 0.2) is 0 Å². The summed E-state index contributed by atoms with van der Waals surface area (Å²) in [6, 6.07) is 0.317. The van der Waals surface area contributed by atoms with E-state index >= 15 is 0 Å². The van der Waals surface area contributed by atoms with Crippen LogP contribution in [0.15, 0.2) is 0 Å². The highest BCUT2D eigenvalue weighted by Gasteiger charge is 2.26. The molecule has 21 heavy (non-hydrogen) atoms. The van der Waals surface area contributed by atoms with Crippen LogP contribution >= 0.6 is 0 Å². The van der Waals surface area contributed by atoms with Gasteiger partial charge in [-0.1, -0.05) is 12.8 Å². The molecule has 0 bridgehead atoms. The Morgan fingerprint density at radius 3 is 2.57 bits per heavy atom. The van der Waals surface area contributed by atoms with Gasteiger partial charge in [0.2, 0.25) is 5.91 Å². The Balaban J connectivity index is 1.78. The molecule has 0 radical (unpaired) electrons. The monoisotopic (exact) mass is 298 g/mol. The first-order chi connectivity index (χ1) is 10.2. The van der Waals surface area contributed by atoms with Gasteiger partial charge in [0.25, 0.3) is 0 Å². The zero-order valence-corrected chi connectivity index (χ0v) is 12.8. The normalized spacial score (nSPS) is 22.7. The SMILES string of the molecule is COC(=O)CN(CC(=O)NCC1CCCO1)C1CCCC1. The van der Waals surface area contributed by atoms with Crippen LogP contribution in [0.5, 0.6) is 0 Å². The summed E-state index contributed by atoms with van der Waals surface area (Å²) in [6.45, 7) is 1.80. The molecule has 1 N–H and O–H groups in total. The summed E-state index contributed by atoms with van der Waals surface area (Å²) in [5, 5.41) is 2.91. The molecule has 1 atom stereocenters. The molecule has 6 heteroatoms. The molecular formula is C15H26N2O4. The van der Waals surface area contributed by atoms with E-state index in [1.54, 1.807) is 0 Å². The fourth-order valence-corrected chi connectivity index (χ4v) is 3.09. The summed E-state index contributed by atoms with van der Waals surface area (Å²) in [7, 11) is 1.38. The minimum atomic E-state index is -0.283. The number of methoxy groups -OCH3 is 1. The van der Waals surface area contributed by atoms with E-state index in [0.717, 1.165) is 32.3 Å². The summed E-state index contributed by atoms with van der Waals surface area (Å²) < 4.78 is 10.2. The fourth-order valence-electron chi connectivity index (χ4n) is 3.09. The Kier molecular flexibility index (Phi) is 6.45. The van der Waals surface area contributed by atoms with Gasteiger partial charge in [0, 0.05) is 19.2 Å². The van der Waals surface area contributed by atoms with Crippen LogP contribution in [0.1, 0.15) is 38.5 Å². The molecule has 2 rings (SSSR count). The zero-order chi connectivity index (χ0) is 15.1. The first kappa shape index (κ1) is 16.2. The average molecular weight is 298 g/mol. The molecule has 6 nitrogen and oxygen atoms in total. The topological polar surface area (TPSA) is 67.9 Å². The quantitative estimate of drug-likeness (QED) is 0.701. The van der Waals surface area contributed by atoms with Crippen LogP contribution in [0, 0.1) is 0 Å². The van der Waals surface area contributed by atoms with Gasteiger partial charge in [-0.05, 0) is 25.7 Å². The van der Waals surface area contributed by atoms with Crippen molar-refractivity contribution in [3.63, 3.8) is 0 Å². The lowest BCUT2D eigenvalue weighted by Gasteiger charge is -2.27. The van der Waals surface area contributed by atoms with E-state index < -0.39 is 0 Å². The van der Waals surface area contributed by atoms with E-state index in [4.69, 9.17) is 9.47 Å². The Morgan fingerprint density at radius 1 is 1.19 bits per heavy atom. The van der Waals surface area contributed by atoms with E-state index in [2.05, 4.69) is 5.32 Å². The second-order valence-corrected chi connectivity index (χ2v) is 5.86. The molecule has 1 aliphatic heterocycles. The van der Waals surface area contributed by atoms with Crippen LogP contribution in [-0.4, -0.2) is 62.3 Å². The van der Waals surface area contributed by atoms with Crippen LogP contribution in [0.3, 0.4) is 0 Å². The summed E-state index contributed by atoms with van der Waals surface area (Å²) in [5.74, 6) is -0.324. The minimum Gasteiger partial charge on any atom is -0.468 e. The number of hydrogen-bond acceptors (Lipinski definition) is 5. The Hall–Kier alpha value is -1.14. The number of esters is 1. The third-order valence-electron chi connectivity index (χ3n) is 4.30. The molecule has 120 valence electrons. The largest absolute Gasteiger partial charge is 0.468 e. The van der Waals surface area contributed by atoms with Crippen molar-refractivity contribution in [2.75, 3.05) is 33.4 Å². The fraction of sp³-hybridized carbons (Fsp3) is 0.867. The van der Waals surface area contributed by atoms with Crippen LogP contribution in [-0.2, 0) is 19.1 Å². The van der Waals surface area contributed by atoms with Crippen molar-refractivity contribution < 1.29 is 19.1 Å². The second kappa shape index (κ2) is 8.34. The summed E-state index contributed by atoms with van der Waals surface area (Å²) in [6.07, 6.45) is 6.66. The van der Waals surface area contributed by atoms with Crippen molar-refractivity contribution in [2.24, 2.45) is 0 Å². The third kappa shape index (κ3) is 5.28. The molecule has 0 aromatic carbocycles. The van der Waals surface area contributed by atoms with Crippen LogP contribution < -0.4 is 5.32 Å². The summed E-state index contributed by atoms with van der Waals surface area (Å²) >= 11 is 0. The van der Waals surface area contributed by atoms with Gasteiger partial charge in [0.05, 0.1) is 26.3 Å². The molecule has 1 heterocycles. The number of nitrogens with zero attached hydrogens (tertiary/aromatic N) is 1. The zero-order valence-electron chi connectivity index (χ0n) is 12.8. The molecule has 1 aliphatic carbocycles. The van der Waals surface area contributed by atoms with Gasteiger partial charge in [-0.25, -0.2) is 0 Å². The van der Waals surface area contributed by atoms with Crippen molar-refractivity contribution in [3.8, 4) is 0 Å². The van der Waals surface area contributed by atoms with Gasteiger partial charge in [-0.3, -0.25) is 14.5 Å². The van der Waals surface area contributed by atoms with Crippen LogP contribution in [0.4, 0.5) is 0 Å². The lowest BCUT2D eigenvalue weighted by Crippen LogP contribution is -2.45. The van der Waals surface area contributed by atoms with Gasteiger partial charge >= 0.3 is 5.97 Å². The molecule has 1 unspecified atom stereocenters. The van der Waals surface area contributed by atoms with Gasteiger partial charge in [0.1, 0.15) is 0 Å². The molecule has 0 spiro atoms.